The topological polar surface area (TPSA) is 17.1 Å². The predicted molar refractivity (Wildman–Crippen MR) is 78.4 cm³/mol. The molecule has 0 unspecified atom stereocenters. The van der Waals surface area contributed by atoms with Gasteiger partial charge >= 0.3 is 0 Å². The van der Waals surface area contributed by atoms with Crippen molar-refractivity contribution >= 4 is 16.6 Å². The first-order chi connectivity index (χ1) is 9.72. The smallest absolute Gasteiger partial charge is 0.167 e. The highest BCUT2D eigenvalue weighted by molar-refractivity contribution is 6.01. The number of hydrogen-bond donors (Lipinski definition) is 0. The third kappa shape index (κ3) is 2.59. The lowest BCUT2D eigenvalue weighted by Gasteiger charge is -2.04. The number of fused-ring (bicyclic) bond motifs is 1. The summed E-state index contributed by atoms with van der Waals surface area (Å²) >= 11 is 0. The number of carbonyl (C=O) groups excluding carboxylic acids is 1. The van der Waals surface area contributed by atoms with Gasteiger partial charge in [0.15, 0.2) is 5.78 Å². The molecule has 3 rings (SSSR count). The van der Waals surface area contributed by atoms with Gasteiger partial charge in [-0.3, -0.25) is 4.79 Å². The number of carbonyl (C=O) groups is 1. The molecule has 0 bridgehead atoms. The summed E-state index contributed by atoms with van der Waals surface area (Å²) < 4.78 is 12.8. The molecule has 0 amide bonds. The Morgan fingerprint density at radius 3 is 2.30 bits per heavy atom. The minimum Gasteiger partial charge on any atom is -0.294 e. The fourth-order valence-corrected chi connectivity index (χ4v) is 2.25. The summed E-state index contributed by atoms with van der Waals surface area (Å²) in [7, 11) is 0. The van der Waals surface area contributed by atoms with Crippen LogP contribution in [0.5, 0.6) is 0 Å². The van der Waals surface area contributed by atoms with Gasteiger partial charge in [0.1, 0.15) is 5.82 Å². The molecule has 1 nitrogen and oxygen atoms in total. The zero-order valence-electron chi connectivity index (χ0n) is 10.8. The average Bonchev–Trinajstić information content (AvgIpc) is 2.49. The molecule has 0 N–H and O–H groups in total. The largest absolute Gasteiger partial charge is 0.294 e. The quantitative estimate of drug-likeness (QED) is 0.641. The number of halogens is 1. The molecule has 0 radical (unpaired) electrons. The Hall–Kier alpha value is -2.48. The van der Waals surface area contributed by atoms with Gasteiger partial charge in [0.05, 0.1) is 0 Å². The normalized spacial score (nSPS) is 10.7. The molecule has 0 saturated heterocycles. The van der Waals surface area contributed by atoms with Crippen molar-refractivity contribution in [1.82, 2.24) is 0 Å². The zero-order chi connectivity index (χ0) is 13.9. The highest BCUT2D eigenvalue weighted by atomic mass is 19.1. The van der Waals surface area contributed by atoms with E-state index in [0.717, 1.165) is 16.3 Å². The number of ketones is 1. The Balaban J connectivity index is 1.86. The lowest BCUT2D eigenvalue weighted by Crippen LogP contribution is -2.03. The third-order valence-electron chi connectivity index (χ3n) is 3.35. The fraction of sp³-hybridized carbons (Fsp3) is 0.0556. The minimum atomic E-state index is -0.285. The van der Waals surface area contributed by atoms with Crippen LogP contribution in [-0.4, -0.2) is 5.78 Å². The summed E-state index contributed by atoms with van der Waals surface area (Å²) in [6.07, 6.45) is 0.290. The SMILES string of the molecule is O=C(Cc1ccc(F)cc1)c1ccc2ccccc2c1. The first-order valence-corrected chi connectivity index (χ1v) is 6.49. The molecule has 0 aliphatic carbocycles. The van der Waals surface area contributed by atoms with E-state index in [2.05, 4.69) is 0 Å². The Labute approximate surface area is 116 Å². The first-order valence-electron chi connectivity index (χ1n) is 6.49. The summed E-state index contributed by atoms with van der Waals surface area (Å²) in [5.41, 5.74) is 1.51. The van der Waals surface area contributed by atoms with Crippen molar-refractivity contribution in [3.05, 3.63) is 83.7 Å². The Morgan fingerprint density at radius 1 is 0.850 bits per heavy atom. The van der Waals surface area contributed by atoms with Crippen LogP contribution in [0.3, 0.4) is 0 Å². The van der Waals surface area contributed by atoms with E-state index in [1.807, 2.05) is 42.5 Å². The molecular weight excluding hydrogens is 251 g/mol. The molecule has 3 aromatic rings. The van der Waals surface area contributed by atoms with E-state index in [1.54, 1.807) is 12.1 Å². The molecule has 2 heteroatoms. The second kappa shape index (κ2) is 5.25. The second-order valence-corrected chi connectivity index (χ2v) is 4.79. The van der Waals surface area contributed by atoms with Gasteiger partial charge in [0.2, 0.25) is 0 Å². The Kier molecular flexibility index (Phi) is 3.30. The minimum absolute atomic E-state index is 0.0439. The van der Waals surface area contributed by atoms with Crippen LogP contribution in [0.2, 0.25) is 0 Å². The van der Waals surface area contributed by atoms with Gasteiger partial charge < -0.3 is 0 Å². The highest BCUT2D eigenvalue weighted by Crippen LogP contribution is 2.17. The van der Waals surface area contributed by atoms with Gasteiger partial charge in [-0.05, 0) is 34.5 Å². The lowest BCUT2D eigenvalue weighted by molar-refractivity contribution is 0.0993. The molecule has 0 aromatic heterocycles. The number of hydrogen-bond acceptors (Lipinski definition) is 1. The van der Waals surface area contributed by atoms with E-state index in [-0.39, 0.29) is 11.6 Å². The van der Waals surface area contributed by atoms with Gasteiger partial charge in [0, 0.05) is 12.0 Å². The standard InChI is InChI=1S/C18H13FO/c19-17-9-5-13(6-10-17)11-18(20)16-8-7-14-3-1-2-4-15(14)12-16/h1-10,12H,11H2. The molecule has 0 fully saturated rings. The van der Waals surface area contributed by atoms with Crippen molar-refractivity contribution < 1.29 is 9.18 Å². The van der Waals surface area contributed by atoms with E-state index >= 15 is 0 Å². The average molecular weight is 264 g/mol. The van der Waals surface area contributed by atoms with E-state index in [4.69, 9.17) is 0 Å². The van der Waals surface area contributed by atoms with Crippen molar-refractivity contribution in [2.75, 3.05) is 0 Å². The molecule has 0 spiro atoms. The second-order valence-electron chi connectivity index (χ2n) is 4.79. The molecule has 3 aromatic carbocycles. The summed E-state index contributed by atoms with van der Waals surface area (Å²) in [5, 5.41) is 2.17. The molecule has 98 valence electrons. The van der Waals surface area contributed by atoms with Crippen molar-refractivity contribution in [3.63, 3.8) is 0 Å². The van der Waals surface area contributed by atoms with Crippen LogP contribution in [-0.2, 0) is 6.42 Å². The number of benzene rings is 3. The molecule has 0 aliphatic rings. The van der Waals surface area contributed by atoms with Crippen LogP contribution in [0.1, 0.15) is 15.9 Å². The highest BCUT2D eigenvalue weighted by Gasteiger charge is 2.08. The van der Waals surface area contributed by atoms with Crippen LogP contribution < -0.4 is 0 Å². The zero-order valence-corrected chi connectivity index (χ0v) is 10.8. The summed E-state index contributed by atoms with van der Waals surface area (Å²) in [6, 6.07) is 19.7. The van der Waals surface area contributed by atoms with E-state index in [0.29, 0.717) is 12.0 Å². The monoisotopic (exact) mass is 264 g/mol. The van der Waals surface area contributed by atoms with Gasteiger partial charge in [-0.25, -0.2) is 4.39 Å². The van der Waals surface area contributed by atoms with Gasteiger partial charge in [-0.1, -0.05) is 48.5 Å². The summed E-state index contributed by atoms with van der Waals surface area (Å²) in [6.45, 7) is 0. The lowest BCUT2D eigenvalue weighted by atomic mass is 10.00. The maximum atomic E-state index is 12.8. The molecule has 0 saturated carbocycles. The van der Waals surface area contributed by atoms with Crippen molar-refractivity contribution in [2.45, 2.75) is 6.42 Å². The Bertz CT molecular complexity index is 760. The van der Waals surface area contributed by atoms with E-state index < -0.39 is 0 Å². The van der Waals surface area contributed by atoms with Crippen LogP contribution in [0.4, 0.5) is 4.39 Å². The Morgan fingerprint density at radius 2 is 1.55 bits per heavy atom. The van der Waals surface area contributed by atoms with Gasteiger partial charge in [0.25, 0.3) is 0 Å². The van der Waals surface area contributed by atoms with Gasteiger partial charge in [-0.15, -0.1) is 0 Å². The van der Waals surface area contributed by atoms with Crippen molar-refractivity contribution in [1.29, 1.82) is 0 Å². The molecule has 0 heterocycles. The van der Waals surface area contributed by atoms with Crippen molar-refractivity contribution in [2.24, 2.45) is 0 Å². The number of rotatable bonds is 3. The maximum Gasteiger partial charge on any atom is 0.167 e. The van der Waals surface area contributed by atoms with Crippen LogP contribution >= 0.6 is 0 Å². The van der Waals surface area contributed by atoms with E-state index in [9.17, 15) is 9.18 Å². The maximum absolute atomic E-state index is 12.8. The number of Topliss-reactive ketones (excluding diaryl/α,β-unsaturated/α-hetero) is 1. The van der Waals surface area contributed by atoms with Crippen LogP contribution in [0, 0.1) is 5.82 Å². The molecule has 0 atom stereocenters. The molecular formula is C18H13FO. The molecule has 20 heavy (non-hydrogen) atoms. The first kappa shape index (κ1) is 12.5. The van der Waals surface area contributed by atoms with Crippen molar-refractivity contribution in [3.8, 4) is 0 Å². The third-order valence-corrected chi connectivity index (χ3v) is 3.35. The fourth-order valence-electron chi connectivity index (χ4n) is 2.25. The van der Waals surface area contributed by atoms with Crippen LogP contribution in [0.25, 0.3) is 10.8 Å². The molecule has 0 aliphatic heterocycles. The van der Waals surface area contributed by atoms with Gasteiger partial charge in [-0.2, -0.15) is 0 Å². The predicted octanol–water partition coefficient (Wildman–Crippen LogP) is 4.40. The summed E-state index contributed by atoms with van der Waals surface area (Å²) in [4.78, 5) is 12.2. The van der Waals surface area contributed by atoms with Crippen LogP contribution in [0.15, 0.2) is 66.7 Å². The summed E-state index contributed by atoms with van der Waals surface area (Å²) in [5.74, 6) is -0.241. The van der Waals surface area contributed by atoms with E-state index in [1.165, 1.54) is 12.1 Å².